The topological polar surface area (TPSA) is 51.5 Å². The Bertz CT molecular complexity index is 774. The number of carbonyl (C=O) groups is 1. The number of carbonyl (C=O) groups excluding carboxylic acids is 1. The second kappa shape index (κ2) is 5.22. The van der Waals surface area contributed by atoms with E-state index in [0.29, 0.717) is 18.7 Å². The molecule has 22 heavy (non-hydrogen) atoms. The fourth-order valence-electron chi connectivity index (χ4n) is 3.02. The summed E-state index contributed by atoms with van der Waals surface area (Å²) in [6.07, 6.45) is 4.05. The predicted octanol–water partition coefficient (Wildman–Crippen LogP) is 3.42. The van der Waals surface area contributed by atoms with Crippen molar-refractivity contribution < 1.29 is 9.53 Å². The van der Waals surface area contributed by atoms with Crippen molar-refractivity contribution in [3.05, 3.63) is 59.4 Å². The number of fused-ring (bicyclic) bond motifs is 2. The van der Waals surface area contributed by atoms with Crippen LogP contribution in [0.15, 0.2) is 53.2 Å². The summed E-state index contributed by atoms with van der Waals surface area (Å²) in [7, 11) is 0. The van der Waals surface area contributed by atoms with Gasteiger partial charge in [-0.1, -0.05) is 23.8 Å². The molecule has 4 nitrogen and oxygen atoms in total. The van der Waals surface area contributed by atoms with Crippen LogP contribution in [0, 0.1) is 0 Å². The largest absolute Gasteiger partial charge is 0.454 e. The van der Waals surface area contributed by atoms with Crippen molar-refractivity contribution in [2.45, 2.75) is 12.8 Å². The molecule has 0 atom stereocenters. The number of aromatic nitrogens is 1. The number of benzene rings is 1. The molecule has 0 unspecified atom stereocenters. The van der Waals surface area contributed by atoms with E-state index in [-0.39, 0.29) is 0 Å². The number of ether oxygens (including phenoxy) is 1. The fraction of sp³-hybridized carbons (Fsp3) is 0.167. The molecule has 0 amide bonds. The van der Waals surface area contributed by atoms with E-state index >= 15 is 0 Å². The van der Waals surface area contributed by atoms with Gasteiger partial charge in [0.25, 0.3) is 0 Å². The molecule has 3 heterocycles. The highest BCUT2D eigenvalue weighted by molar-refractivity contribution is 6.29. The minimum atomic E-state index is 0.586. The number of para-hydroxylation sites is 1. The van der Waals surface area contributed by atoms with Gasteiger partial charge in [0.05, 0.1) is 5.71 Å². The third-order valence-electron chi connectivity index (χ3n) is 4.00. The lowest BCUT2D eigenvalue weighted by molar-refractivity contribution is -0.102. The van der Waals surface area contributed by atoms with Crippen LogP contribution in [-0.2, 0) is 4.79 Å². The third-order valence-corrected chi connectivity index (χ3v) is 4.00. The van der Waals surface area contributed by atoms with E-state index in [0.717, 1.165) is 41.0 Å². The zero-order valence-corrected chi connectivity index (χ0v) is 12.0. The van der Waals surface area contributed by atoms with Crippen molar-refractivity contribution in [3.8, 4) is 11.5 Å². The normalized spacial score (nSPS) is 19.5. The van der Waals surface area contributed by atoms with Crippen LogP contribution in [0.2, 0.25) is 0 Å². The van der Waals surface area contributed by atoms with Gasteiger partial charge in [0, 0.05) is 30.3 Å². The van der Waals surface area contributed by atoms with E-state index in [4.69, 9.17) is 4.74 Å². The molecule has 0 saturated heterocycles. The molecular formula is C18H14N2O2. The summed E-state index contributed by atoms with van der Waals surface area (Å²) in [5, 5.41) is 0. The number of nitrogens with zero attached hydrogens (tertiary/aromatic N) is 2. The summed E-state index contributed by atoms with van der Waals surface area (Å²) in [6.45, 7) is 0.651. The van der Waals surface area contributed by atoms with Crippen LogP contribution in [0.5, 0.6) is 11.5 Å². The monoisotopic (exact) mass is 290 g/mol. The van der Waals surface area contributed by atoms with Gasteiger partial charge in [0.15, 0.2) is 12.0 Å². The van der Waals surface area contributed by atoms with Crippen molar-refractivity contribution >= 4 is 17.6 Å². The molecule has 2 aliphatic heterocycles. The Morgan fingerprint density at radius 1 is 1.09 bits per heavy atom. The summed E-state index contributed by atoms with van der Waals surface area (Å²) >= 11 is 0. The Morgan fingerprint density at radius 2 is 1.95 bits per heavy atom. The van der Waals surface area contributed by atoms with Gasteiger partial charge in [0.2, 0.25) is 0 Å². The zero-order chi connectivity index (χ0) is 14.9. The first kappa shape index (κ1) is 13.0. The molecule has 4 heteroatoms. The lowest BCUT2D eigenvalue weighted by Gasteiger charge is -2.25. The number of rotatable bonds is 1. The Kier molecular flexibility index (Phi) is 3.07. The molecule has 0 bridgehead atoms. The number of pyridine rings is 1. The van der Waals surface area contributed by atoms with E-state index < -0.39 is 0 Å². The van der Waals surface area contributed by atoms with Gasteiger partial charge < -0.3 is 4.74 Å². The van der Waals surface area contributed by atoms with Crippen LogP contribution in [0.3, 0.4) is 0 Å². The standard InChI is InChI=1S/C18H14N2O2/c21-11-13-10-12(7-9-19-13)17-14-4-1-2-5-15(14)22-16-6-3-8-20-18(16)17/h1-6,8,11H,7,9-10H2. The summed E-state index contributed by atoms with van der Waals surface area (Å²) in [5.41, 5.74) is 4.79. The van der Waals surface area contributed by atoms with Crippen molar-refractivity contribution in [3.63, 3.8) is 0 Å². The van der Waals surface area contributed by atoms with E-state index in [9.17, 15) is 4.79 Å². The van der Waals surface area contributed by atoms with Gasteiger partial charge in [-0.2, -0.15) is 0 Å². The second-order valence-electron chi connectivity index (χ2n) is 5.34. The highest BCUT2D eigenvalue weighted by atomic mass is 16.5. The number of aliphatic imine (C=N–C) groups is 1. The van der Waals surface area contributed by atoms with Crippen molar-refractivity contribution in [2.24, 2.45) is 4.99 Å². The van der Waals surface area contributed by atoms with Gasteiger partial charge >= 0.3 is 0 Å². The molecule has 2 aliphatic rings. The number of hydrogen-bond donors (Lipinski definition) is 0. The molecule has 0 fully saturated rings. The van der Waals surface area contributed by atoms with Crippen LogP contribution in [-0.4, -0.2) is 23.5 Å². The molecule has 2 aromatic rings. The summed E-state index contributed by atoms with van der Waals surface area (Å²) in [6, 6.07) is 11.8. The Balaban J connectivity index is 1.95. The Labute approximate surface area is 128 Å². The zero-order valence-electron chi connectivity index (χ0n) is 12.0. The first-order valence-electron chi connectivity index (χ1n) is 7.30. The Hall–Kier alpha value is -2.75. The van der Waals surface area contributed by atoms with Crippen molar-refractivity contribution in [1.29, 1.82) is 0 Å². The maximum absolute atomic E-state index is 11.1. The summed E-state index contributed by atoms with van der Waals surface area (Å²) in [4.78, 5) is 19.9. The van der Waals surface area contributed by atoms with E-state index in [2.05, 4.69) is 9.98 Å². The first-order chi connectivity index (χ1) is 10.9. The minimum absolute atomic E-state index is 0.586. The lowest BCUT2D eigenvalue weighted by atomic mass is 9.88. The van der Waals surface area contributed by atoms with Gasteiger partial charge in [-0.25, -0.2) is 0 Å². The molecule has 1 aromatic heterocycles. The smallest absolute Gasteiger partial charge is 0.164 e. The molecule has 0 spiro atoms. The maximum Gasteiger partial charge on any atom is 0.164 e. The summed E-state index contributed by atoms with van der Waals surface area (Å²) < 4.78 is 5.96. The fourth-order valence-corrected chi connectivity index (χ4v) is 3.02. The molecular weight excluding hydrogens is 276 g/mol. The minimum Gasteiger partial charge on any atom is -0.454 e. The molecule has 0 saturated carbocycles. The van der Waals surface area contributed by atoms with Gasteiger partial charge in [0.1, 0.15) is 11.4 Å². The van der Waals surface area contributed by atoms with Crippen LogP contribution in [0.25, 0.3) is 5.57 Å². The van der Waals surface area contributed by atoms with E-state index in [1.807, 2.05) is 36.4 Å². The Morgan fingerprint density at radius 3 is 2.86 bits per heavy atom. The quantitative estimate of drug-likeness (QED) is 0.645. The molecule has 4 rings (SSSR count). The van der Waals surface area contributed by atoms with Crippen LogP contribution < -0.4 is 4.74 Å². The first-order valence-corrected chi connectivity index (χ1v) is 7.30. The summed E-state index contributed by atoms with van der Waals surface area (Å²) in [5.74, 6) is 1.60. The van der Waals surface area contributed by atoms with Gasteiger partial charge in [-0.3, -0.25) is 14.8 Å². The second-order valence-corrected chi connectivity index (χ2v) is 5.34. The average molecular weight is 290 g/mol. The van der Waals surface area contributed by atoms with Crippen LogP contribution >= 0.6 is 0 Å². The SMILES string of the molecule is O=CC1=NCCC(=C2c3ccccc3Oc3cccnc32)C1. The van der Waals surface area contributed by atoms with Crippen LogP contribution in [0.4, 0.5) is 0 Å². The van der Waals surface area contributed by atoms with E-state index in [1.165, 1.54) is 5.57 Å². The molecule has 108 valence electrons. The number of aldehydes is 1. The van der Waals surface area contributed by atoms with Crippen LogP contribution in [0.1, 0.15) is 24.1 Å². The molecule has 0 N–H and O–H groups in total. The predicted molar refractivity (Wildman–Crippen MR) is 84.4 cm³/mol. The van der Waals surface area contributed by atoms with Gasteiger partial charge in [-0.05, 0) is 24.6 Å². The third kappa shape index (κ3) is 2.04. The van der Waals surface area contributed by atoms with E-state index in [1.54, 1.807) is 6.20 Å². The lowest BCUT2D eigenvalue weighted by Crippen LogP contribution is -2.14. The maximum atomic E-state index is 11.1. The number of hydrogen-bond acceptors (Lipinski definition) is 4. The molecule has 0 aliphatic carbocycles. The van der Waals surface area contributed by atoms with Crippen molar-refractivity contribution in [1.82, 2.24) is 4.98 Å². The highest BCUT2D eigenvalue weighted by Crippen LogP contribution is 2.45. The highest BCUT2D eigenvalue weighted by Gasteiger charge is 2.26. The van der Waals surface area contributed by atoms with Gasteiger partial charge in [-0.15, -0.1) is 0 Å². The molecule has 1 aromatic carbocycles. The molecule has 0 radical (unpaired) electrons. The van der Waals surface area contributed by atoms with Crippen molar-refractivity contribution in [2.75, 3.05) is 6.54 Å². The average Bonchev–Trinajstić information content (AvgIpc) is 2.59.